The van der Waals surface area contributed by atoms with Gasteiger partial charge in [0.05, 0.1) is 22.3 Å². The molecule has 0 bridgehead atoms. The molecular formula is C24H21BrF3NO3. The van der Waals surface area contributed by atoms with Gasteiger partial charge >= 0.3 is 6.18 Å². The van der Waals surface area contributed by atoms with Gasteiger partial charge in [-0.25, -0.2) is 0 Å². The zero-order chi connectivity index (χ0) is 23.3. The first-order chi connectivity index (χ1) is 15.2. The number of rotatable bonds is 7. The first-order valence-corrected chi connectivity index (χ1v) is 10.6. The Balaban J connectivity index is 1.85. The molecule has 168 valence electrons. The van der Waals surface area contributed by atoms with E-state index in [1.165, 1.54) is 30.3 Å². The highest BCUT2D eigenvalue weighted by Crippen LogP contribution is 2.38. The normalized spacial score (nSPS) is 11.2. The van der Waals surface area contributed by atoms with Gasteiger partial charge in [-0.1, -0.05) is 42.0 Å². The average Bonchev–Trinajstić information content (AvgIpc) is 2.74. The largest absolute Gasteiger partial charge is 0.490 e. The summed E-state index contributed by atoms with van der Waals surface area (Å²) in [6.07, 6.45) is -4.59. The van der Waals surface area contributed by atoms with E-state index in [9.17, 15) is 18.0 Å². The predicted molar refractivity (Wildman–Crippen MR) is 120 cm³/mol. The summed E-state index contributed by atoms with van der Waals surface area (Å²) in [5, 5.41) is 2.34. The summed E-state index contributed by atoms with van der Waals surface area (Å²) in [7, 11) is 0. The molecule has 0 atom stereocenters. The molecule has 0 saturated carbocycles. The number of amides is 1. The van der Waals surface area contributed by atoms with Crippen LogP contribution in [0.5, 0.6) is 11.5 Å². The zero-order valence-electron chi connectivity index (χ0n) is 17.4. The number of ether oxygens (including phenoxy) is 2. The monoisotopic (exact) mass is 507 g/mol. The van der Waals surface area contributed by atoms with Crippen LogP contribution in [0.4, 0.5) is 18.9 Å². The molecule has 0 radical (unpaired) electrons. The third kappa shape index (κ3) is 5.82. The van der Waals surface area contributed by atoms with Crippen LogP contribution in [0.2, 0.25) is 0 Å². The van der Waals surface area contributed by atoms with Crippen LogP contribution in [0.1, 0.15) is 34.0 Å². The molecule has 3 aromatic rings. The molecule has 3 aromatic carbocycles. The van der Waals surface area contributed by atoms with Gasteiger partial charge in [-0.05, 0) is 59.6 Å². The molecule has 0 aliphatic rings. The molecule has 0 aliphatic heterocycles. The summed E-state index contributed by atoms with van der Waals surface area (Å²) in [5.74, 6) is 0.0105. The van der Waals surface area contributed by atoms with Gasteiger partial charge < -0.3 is 14.8 Å². The van der Waals surface area contributed by atoms with E-state index >= 15 is 0 Å². The van der Waals surface area contributed by atoms with Gasteiger partial charge in [0, 0.05) is 5.56 Å². The van der Waals surface area contributed by atoms with Gasteiger partial charge in [-0.3, -0.25) is 4.79 Å². The maximum atomic E-state index is 13.2. The highest BCUT2D eigenvalue weighted by molar-refractivity contribution is 9.10. The number of carbonyl (C=O) groups excluding carboxylic acids is 1. The lowest BCUT2D eigenvalue weighted by Crippen LogP contribution is -2.17. The van der Waals surface area contributed by atoms with Crippen molar-refractivity contribution in [1.29, 1.82) is 0 Å². The first-order valence-electron chi connectivity index (χ1n) is 9.81. The van der Waals surface area contributed by atoms with Crippen LogP contribution in [0.25, 0.3) is 0 Å². The number of carbonyl (C=O) groups is 1. The van der Waals surface area contributed by atoms with Crippen LogP contribution in [0.3, 0.4) is 0 Å². The van der Waals surface area contributed by atoms with E-state index in [0.29, 0.717) is 22.6 Å². The van der Waals surface area contributed by atoms with Crippen LogP contribution in [-0.2, 0) is 12.8 Å². The summed E-state index contributed by atoms with van der Waals surface area (Å²) in [6.45, 7) is 4.37. The topological polar surface area (TPSA) is 47.6 Å². The van der Waals surface area contributed by atoms with Crippen molar-refractivity contribution >= 4 is 27.5 Å². The van der Waals surface area contributed by atoms with Gasteiger partial charge in [0.15, 0.2) is 11.5 Å². The number of aryl methyl sites for hydroxylation is 1. The van der Waals surface area contributed by atoms with Crippen molar-refractivity contribution in [3.63, 3.8) is 0 Å². The molecule has 8 heteroatoms. The Morgan fingerprint density at radius 2 is 1.72 bits per heavy atom. The smallest absolute Gasteiger partial charge is 0.418 e. The van der Waals surface area contributed by atoms with E-state index < -0.39 is 17.6 Å². The Labute approximate surface area is 192 Å². The molecule has 0 aromatic heterocycles. The minimum atomic E-state index is -4.59. The number of hydrogen-bond acceptors (Lipinski definition) is 3. The molecule has 0 spiro atoms. The molecule has 1 N–H and O–H groups in total. The first kappa shape index (κ1) is 23.7. The summed E-state index contributed by atoms with van der Waals surface area (Å²) < 4.78 is 51.7. The summed E-state index contributed by atoms with van der Waals surface area (Å²) >= 11 is 3.39. The Kier molecular flexibility index (Phi) is 7.45. The number of nitrogens with one attached hydrogen (secondary N) is 1. The molecule has 1 amide bonds. The van der Waals surface area contributed by atoms with E-state index in [1.807, 2.05) is 31.2 Å². The summed E-state index contributed by atoms with van der Waals surface area (Å²) in [4.78, 5) is 12.7. The molecule has 0 unspecified atom stereocenters. The van der Waals surface area contributed by atoms with Crippen molar-refractivity contribution < 1.29 is 27.4 Å². The Hall–Kier alpha value is -3.00. The van der Waals surface area contributed by atoms with Crippen molar-refractivity contribution in [3.05, 3.63) is 87.4 Å². The number of benzene rings is 3. The van der Waals surface area contributed by atoms with Gasteiger partial charge in [0.25, 0.3) is 5.91 Å². The van der Waals surface area contributed by atoms with Crippen LogP contribution in [-0.4, -0.2) is 12.5 Å². The van der Waals surface area contributed by atoms with Crippen molar-refractivity contribution in [1.82, 2.24) is 0 Å². The second-order valence-electron chi connectivity index (χ2n) is 6.99. The molecule has 0 fully saturated rings. The van der Waals surface area contributed by atoms with Gasteiger partial charge in [-0.15, -0.1) is 0 Å². The lowest BCUT2D eigenvalue weighted by molar-refractivity contribution is -0.136. The number of anilines is 1. The van der Waals surface area contributed by atoms with E-state index in [2.05, 4.69) is 21.2 Å². The SMILES string of the molecule is CCOc1cc(C(=O)Nc2ccccc2C(F)(F)F)cc(Br)c1OCc1ccc(C)cc1. The van der Waals surface area contributed by atoms with E-state index in [-0.39, 0.29) is 17.9 Å². The predicted octanol–water partition coefficient (Wildman–Crippen LogP) is 7.01. The van der Waals surface area contributed by atoms with Crippen LogP contribution < -0.4 is 14.8 Å². The van der Waals surface area contributed by atoms with Crippen LogP contribution in [0.15, 0.2) is 65.1 Å². The lowest BCUT2D eigenvalue weighted by atomic mass is 10.1. The maximum absolute atomic E-state index is 13.2. The molecule has 3 rings (SSSR count). The van der Waals surface area contributed by atoms with Crippen molar-refractivity contribution in [2.45, 2.75) is 26.6 Å². The van der Waals surface area contributed by atoms with E-state index in [0.717, 1.165) is 17.2 Å². The third-order valence-corrected chi connectivity index (χ3v) is 5.15. The molecule has 0 saturated heterocycles. The number of alkyl halides is 3. The fourth-order valence-corrected chi connectivity index (χ4v) is 3.53. The van der Waals surface area contributed by atoms with Crippen molar-refractivity contribution in [2.24, 2.45) is 0 Å². The number of para-hydroxylation sites is 1. The Morgan fingerprint density at radius 3 is 2.38 bits per heavy atom. The van der Waals surface area contributed by atoms with E-state index in [4.69, 9.17) is 9.47 Å². The Bertz CT molecular complexity index is 1100. The molecule has 4 nitrogen and oxygen atoms in total. The summed E-state index contributed by atoms with van der Waals surface area (Å²) in [6, 6.07) is 15.6. The standard InChI is InChI=1S/C24H21BrF3NO3/c1-3-31-21-13-17(23(30)29-20-7-5-4-6-18(20)24(26,27)28)12-19(25)22(21)32-14-16-10-8-15(2)9-11-16/h4-13H,3,14H2,1-2H3,(H,29,30). The highest BCUT2D eigenvalue weighted by Gasteiger charge is 2.33. The Morgan fingerprint density at radius 1 is 1.03 bits per heavy atom. The summed E-state index contributed by atoms with van der Waals surface area (Å²) in [5.41, 5.74) is 0.970. The quantitative estimate of drug-likeness (QED) is 0.374. The molecule has 0 aliphatic carbocycles. The minimum absolute atomic E-state index is 0.125. The van der Waals surface area contributed by atoms with Gasteiger partial charge in [0.1, 0.15) is 6.61 Å². The van der Waals surface area contributed by atoms with Gasteiger partial charge in [0.2, 0.25) is 0 Å². The lowest BCUT2D eigenvalue weighted by Gasteiger charge is -2.17. The fourth-order valence-electron chi connectivity index (χ4n) is 2.98. The van der Waals surface area contributed by atoms with Gasteiger partial charge in [-0.2, -0.15) is 13.2 Å². The number of hydrogen-bond donors (Lipinski definition) is 1. The van der Waals surface area contributed by atoms with Crippen LogP contribution >= 0.6 is 15.9 Å². The van der Waals surface area contributed by atoms with Crippen molar-refractivity contribution in [2.75, 3.05) is 11.9 Å². The zero-order valence-corrected chi connectivity index (χ0v) is 19.0. The highest BCUT2D eigenvalue weighted by atomic mass is 79.9. The molecule has 0 heterocycles. The maximum Gasteiger partial charge on any atom is 0.418 e. The fraction of sp³-hybridized carbons (Fsp3) is 0.208. The molecular weight excluding hydrogens is 487 g/mol. The number of halogens is 4. The van der Waals surface area contributed by atoms with E-state index in [1.54, 1.807) is 6.92 Å². The molecule has 32 heavy (non-hydrogen) atoms. The third-order valence-electron chi connectivity index (χ3n) is 4.56. The van der Waals surface area contributed by atoms with Crippen LogP contribution in [0, 0.1) is 6.92 Å². The second-order valence-corrected chi connectivity index (χ2v) is 7.84. The van der Waals surface area contributed by atoms with Crippen molar-refractivity contribution in [3.8, 4) is 11.5 Å². The second kappa shape index (κ2) is 10.1. The average molecular weight is 508 g/mol. The minimum Gasteiger partial charge on any atom is -0.490 e.